The zero-order chi connectivity index (χ0) is 15.2. The van der Waals surface area contributed by atoms with Gasteiger partial charge in [0.05, 0.1) is 0 Å². The Labute approximate surface area is 133 Å². The minimum atomic E-state index is -0.172. The minimum absolute atomic E-state index is 0.172. The molecule has 3 unspecified atom stereocenters. The van der Waals surface area contributed by atoms with Crippen LogP contribution in [0.4, 0.5) is 4.39 Å². The van der Waals surface area contributed by atoms with Crippen LogP contribution < -0.4 is 5.32 Å². The molecule has 1 fully saturated rings. The van der Waals surface area contributed by atoms with E-state index in [2.05, 4.69) is 19.2 Å². The lowest BCUT2D eigenvalue weighted by molar-refractivity contribution is 0.221. The van der Waals surface area contributed by atoms with Crippen LogP contribution in [-0.4, -0.2) is 13.1 Å². The zero-order valence-electron chi connectivity index (χ0n) is 13.2. The van der Waals surface area contributed by atoms with E-state index in [1.165, 1.54) is 31.7 Å². The standard InChI is InChI=1S/C18H27ClFN/c1-3-5-13-6-7-14(12-21-4-2)16(10-13)17-11-15(20)8-9-18(17)19/h8-9,11,13-14,16,21H,3-7,10,12H2,1-2H3. The molecule has 3 atom stereocenters. The molecule has 1 aliphatic carbocycles. The van der Waals surface area contributed by atoms with E-state index in [1.54, 1.807) is 12.1 Å². The summed E-state index contributed by atoms with van der Waals surface area (Å²) in [5.41, 5.74) is 1.01. The smallest absolute Gasteiger partial charge is 0.123 e. The number of hydrogen-bond donors (Lipinski definition) is 1. The summed E-state index contributed by atoms with van der Waals surface area (Å²) in [6, 6.07) is 4.82. The lowest BCUT2D eigenvalue weighted by atomic mass is 9.70. The second-order valence-electron chi connectivity index (χ2n) is 6.31. The van der Waals surface area contributed by atoms with Gasteiger partial charge in [0.2, 0.25) is 0 Å². The molecule has 3 heteroatoms. The lowest BCUT2D eigenvalue weighted by Gasteiger charge is -2.37. The van der Waals surface area contributed by atoms with Crippen molar-refractivity contribution in [3.63, 3.8) is 0 Å². The van der Waals surface area contributed by atoms with Crippen molar-refractivity contribution in [2.45, 2.75) is 51.9 Å². The van der Waals surface area contributed by atoms with E-state index in [9.17, 15) is 4.39 Å². The molecule has 0 heterocycles. The van der Waals surface area contributed by atoms with Gasteiger partial charge in [-0.2, -0.15) is 0 Å². The average molecular weight is 312 g/mol. The van der Waals surface area contributed by atoms with E-state index in [0.29, 0.717) is 11.8 Å². The van der Waals surface area contributed by atoms with Gasteiger partial charge < -0.3 is 5.32 Å². The van der Waals surface area contributed by atoms with E-state index >= 15 is 0 Å². The van der Waals surface area contributed by atoms with Gasteiger partial charge in [-0.3, -0.25) is 0 Å². The van der Waals surface area contributed by atoms with Crippen molar-refractivity contribution >= 4 is 11.6 Å². The maximum atomic E-state index is 13.7. The molecule has 2 rings (SSSR count). The van der Waals surface area contributed by atoms with E-state index in [0.717, 1.165) is 36.0 Å². The summed E-state index contributed by atoms with van der Waals surface area (Å²) in [6.07, 6.45) is 6.17. The third-order valence-electron chi connectivity index (χ3n) is 4.81. The Kier molecular flexibility index (Phi) is 6.50. The van der Waals surface area contributed by atoms with Crippen molar-refractivity contribution in [2.75, 3.05) is 13.1 Å². The first kappa shape index (κ1) is 16.8. The highest BCUT2D eigenvalue weighted by atomic mass is 35.5. The predicted molar refractivity (Wildman–Crippen MR) is 88.4 cm³/mol. The van der Waals surface area contributed by atoms with Gasteiger partial charge >= 0.3 is 0 Å². The van der Waals surface area contributed by atoms with Crippen LogP contribution in [-0.2, 0) is 0 Å². The Morgan fingerprint density at radius 3 is 2.81 bits per heavy atom. The second kappa shape index (κ2) is 8.14. The highest BCUT2D eigenvalue weighted by molar-refractivity contribution is 6.31. The molecule has 0 saturated heterocycles. The Bertz CT molecular complexity index is 449. The van der Waals surface area contributed by atoms with E-state index in [-0.39, 0.29) is 5.82 Å². The fourth-order valence-electron chi connectivity index (χ4n) is 3.74. The molecule has 0 radical (unpaired) electrons. The monoisotopic (exact) mass is 311 g/mol. The molecular weight excluding hydrogens is 285 g/mol. The largest absolute Gasteiger partial charge is 0.317 e. The van der Waals surface area contributed by atoms with Gasteiger partial charge in [-0.15, -0.1) is 0 Å². The summed E-state index contributed by atoms with van der Waals surface area (Å²) >= 11 is 6.37. The maximum absolute atomic E-state index is 13.7. The van der Waals surface area contributed by atoms with Crippen molar-refractivity contribution in [3.8, 4) is 0 Å². The molecule has 1 nitrogen and oxygen atoms in total. The van der Waals surface area contributed by atoms with Gasteiger partial charge in [0, 0.05) is 5.02 Å². The topological polar surface area (TPSA) is 12.0 Å². The minimum Gasteiger partial charge on any atom is -0.317 e. The van der Waals surface area contributed by atoms with Crippen molar-refractivity contribution in [3.05, 3.63) is 34.6 Å². The molecule has 0 spiro atoms. The number of benzene rings is 1. The molecule has 0 aromatic heterocycles. The first-order valence-corrected chi connectivity index (χ1v) is 8.69. The SMILES string of the molecule is CCCC1CCC(CNCC)C(c2cc(F)ccc2Cl)C1. The normalized spacial score (nSPS) is 26.0. The van der Waals surface area contributed by atoms with E-state index in [4.69, 9.17) is 11.6 Å². The maximum Gasteiger partial charge on any atom is 0.123 e. The van der Waals surface area contributed by atoms with Crippen LogP contribution in [0.2, 0.25) is 5.02 Å². The van der Waals surface area contributed by atoms with Crippen LogP contribution in [0, 0.1) is 17.7 Å². The molecule has 118 valence electrons. The summed E-state index contributed by atoms with van der Waals surface area (Å²) in [4.78, 5) is 0. The molecule has 1 aromatic carbocycles. The molecule has 1 aromatic rings. The number of halogens is 2. The molecule has 1 N–H and O–H groups in total. The van der Waals surface area contributed by atoms with Gasteiger partial charge in [-0.05, 0) is 67.4 Å². The number of nitrogens with one attached hydrogen (secondary N) is 1. The van der Waals surface area contributed by atoms with E-state index in [1.807, 2.05) is 0 Å². The van der Waals surface area contributed by atoms with Gasteiger partial charge in [0.15, 0.2) is 0 Å². The summed E-state index contributed by atoms with van der Waals surface area (Å²) in [6.45, 7) is 6.37. The molecule has 0 aliphatic heterocycles. The van der Waals surface area contributed by atoms with Crippen LogP contribution in [0.5, 0.6) is 0 Å². The van der Waals surface area contributed by atoms with Crippen molar-refractivity contribution < 1.29 is 4.39 Å². The van der Waals surface area contributed by atoms with Crippen LogP contribution in [0.1, 0.15) is 57.4 Å². The van der Waals surface area contributed by atoms with Crippen molar-refractivity contribution in [1.82, 2.24) is 5.32 Å². The molecular formula is C18H27ClFN. The molecule has 1 aliphatic rings. The summed E-state index contributed by atoms with van der Waals surface area (Å²) < 4.78 is 13.7. The predicted octanol–water partition coefficient (Wildman–Crippen LogP) is 5.39. The molecule has 1 saturated carbocycles. The third kappa shape index (κ3) is 4.43. The highest BCUT2D eigenvalue weighted by Crippen LogP contribution is 2.44. The van der Waals surface area contributed by atoms with Gasteiger partial charge in [0.25, 0.3) is 0 Å². The fraction of sp³-hybridized carbons (Fsp3) is 0.667. The summed E-state index contributed by atoms with van der Waals surface area (Å²) in [5, 5.41) is 4.18. The Morgan fingerprint density at radius 2 is 2.10 bits per heavy atom. The molecule has 0 bridgehead atoms. The van der Waals surface area contributed by atoms with Gasteiger partial charge in [-0.1, -0.05) is 44.7 Å². The zero-order valence-corrected chi connectivity index (χ0v) is 13.9. The number of hydrogen-bond acceptors (Lipinski definition) is 1. The first-order chi connectivity index (χ1) is 10.2. The molecule has 21 heavy (non-hydrogen) atoms. The Balaban J connectivity index is 2.20. The second-order valence-corrected chi connectivity index (χ2v) is 6.72. The van der Waals surface area contributed by atoms with Crippen LogP contribution in [0.3, 0.4) is 0 Å². The van der Waals surface area contributed by atoms with Crippen molar-refractivity contribution in [2.24, 2.45) is 11.8 Å². The quantitative estimate of drug-likeness (QED) is 0.743. The Hall–Kier alpha value is -0.600. The summed E-state index contributed by atoms with van der Waals surface area (Å²) in [7, 11) is 0. The summed E-state index contributed by atoms with van der Waals surface area (Å²) in [5.74, 6) is 1.54. The Morgan fingerprint density at radius 1 is 1.29 bits per heavy atom. The number of rotatable bonds is 6. The van der Waals surface area contributed by atoms with E-state index < -0.39 is 0 Å². The van der Waals surface area contributed by atoms with Gasteiger partial charge in [-0.25, -0.2) is 4.39 Å². The lowest BCUT2D eigenvalue weighted by Crippen LogP contribution is -2.32. The van der Waals surface area contributed by atoms with Gasteiger partial charge in [0.1, 0.15) is 5.82 Å². The highest BCUT2D eigenvalue weighted by Gasteiger charge is 2.32. The third-order valence-corrected chi connectivity index (χ3v) is 5.16. The van der Waals surface area contributed by atoms with Crippen LogP contribution in [0.15, 0.2) is 18.2 Å². The van der Waals surface area contributed by atoms with Crippen LogP contribution in [0.25, 0.3) is 0 Å². The van der Waals surface area contributed by atoms with Crippen molar-refractivity contribution in [1.29, 1.82) is 0 Å². The first-order valence-electron chi connectivity index (χ1n) is 8.31. The van der Waals surface area contributed by atoms with Crippen LogP contribution >= 0.6 is 11.6 Å². The fourth-order valence-corrected chi connectivity index (χ4v) is 4.00. The molecule has 0 amide bonds. The average Bonchev–Trinajstić information content (AvgIpc) is 2.48.